The van der Waals surface area contributed by atoms with Crippen LogP contribution in [0.5, 0.6) is 0 Å². The number of benzene rings is 2. The van der Waals surface area contributed by atoms with Crippen molar-refractivity contribution in [3.8, 4) is 0 Å². The second kappa shape index (κ2) is 6.56. The highest BCUT2D eigenvalue weighted by atomic mass is 31.2. The predicted molar refractivity (Wildman–Crippen MR) is 86.4 cm³/mol. The Labute approximate surface area is 121 Å². The lowest BCUT2D eigenvalue weighted by Gasteiger charge is -2.17. The molecule has 0 saturated heterocycles. The van der Waals surface area contributed by atoms with Crippen molar-refractivity contribution in [2.45, 2.75) is 32.9 Å². The molecular weight excluding hydrogens is 267 g/mol. The van der Waals surface area contributed by atoms with E-state index in [0.29, 0.717) is 12.1 Å². The van der Waals surface area contributed by atoms with Crippen molar-refractivity contribution in [1.82, 2.24) is 0 Å². The van der Waals surface area contributed by atoms with E-state index < -0.39 is 7.37 Å². The molecule has 0 aliphatic rings. The topological polar surface area (TPSA) is 37.3 Å². The van der Waals surface area contributed by atoms with E-state index in [2.05, 4.69) is 13.8 Å². The summed E-state index contributed by atoms with van der Waals surface area (Å²) in [6.07, 6.45) is 2.78. The second-order valence-corrected chi connectivity index (χ2v) is 8.09. The third-order valence-electron chi connectivity index (χ3n) is 3.68. The molecule has 108 valence electrons. The molecule has 0 fully saturated rings. The maximum absolute atomic E-state index is 12.5. The number of hydrogen-bond donors (Lipinski definition) is 1. The third-order valence-corrected chi connectivity index (χ3v) is 5.70. The van der Waals surface area contributed by atoms with E-state index in [4.69, 9.17) is 0 Å². The summed E-state index contributed by atoms with van der Waals surface area (Å²) in [5.41, 5.74) is 0.984. The van der Waals surface area contributed by atoms with Crippen LogP contribution in [0.25, 0.3) is 10.8 Å². The van der Waals surface area contributed by atoms with Crippen LogP contribution < -0.4 is 0 Å². The molecule has 0 saturated carbocycles. The molecule has 0 bridgehead atoms. The Morgan fingerprint density at radius 1 is 1.15 bits per heavy atom. The van der Waals surface area contributed by atoms with Crippen molar-refractivity contribution in [3.05, 3.63) is 48.0 Å². The van der Waals surface area contributed by atoms with Crippen LogP contribution in [0.15, 0.2) is 42.5 Å². The molecule has 0 heterocycles. The van der Waals surface area contributed by atoms with Gasteiger partial charge in [0.15, 0.2) is 0 Å². The van der Waals surface area contributed by atoms with Crippen molar-refractivity contribution in [3.63, 3.8) is 0 Å². The summed E-state index contributed by atoms with van der Waals surface area (Å²) in [6, 6.07) is 14.0. The first-order chi connectivity index (χ1) is 9.52. The highest BCUT2D eigenvalue weighted by molar-refractivity contribution is 7.57. The molecule has 2 aromatic rings. The molecule has 3 heteroatoms. The van der Waals surface area contributed by atoms with Crippen molar-refractivity contribution < 1.29 is 9.46 Å². The lowest BCUT2D eigenvalue weighted by atomic mass is 10.1. The molecule has 0 aromatic heterocycles. The predicted octanol–water partition coefficient (Wildman–Crippen LogP) is 5.05. The normalized spacial score (nSPS) is 15.9. The quantitative estimate of drug-likeness (QED) is 0.756. The summed E-state index contributed by atoms with van der Waals surface area (Å²) >= 11 is 0. The maximum Gasteiger partial charge on any atom is 0.205 e. The van der Waals surface area contributed by atoms with Gasteiger partial charge in [-0.25, -0.2) is 0 Å². The van der Waals surface area contributed by atoms with Gasteiger partial charge in [-0.1, -0.05) is 69.2 Å². The standard InChI is InChI=1S/C17H23O2P/c1-3-7-14(2)12-20(18,19)13-16-10-6-9-15-8-4-5-11-17(15)16/h4-6,8-11,14H,3,7,12-13H2,1-2H3,(H,18,19). The van der Waals surface area contributed by atoms with Gasteiger partial charge in [-0.05, 0) is 22.3 Å². The van der Waals surface area contributed by atoms with Crippen molar-refractivity contribution >= 4 is 18.1 Å². The Morgan fingerprint density at radius 3 is 2.60 bits per heavy atom. The van der Waals surface area contributed by atoms with Crippen LogP contribution in [0.4, 0.5) is 0 Å². The SMILES string of the molecule is CCCC(C)CP(=O)(O)Cc1cccc2ccccc12. The summed E-state index contributed by atoms with van der Waals surface area (Å²) in [6.45, 7) is 4.18. The Kier molecular flexibility index (Phi) is 5.01. The van der Waals surface area contributed by atoms with Crippen LogP contribution >= 0.6 is 7.37 Å². The lowest BCUT2D eigenvalue weighted by molar-refractivity contribution is 0.457. The van der Waals surface area contributed by atoms with Gasteiger partial charge in [-0.3, -0.25) is 4.57 Å². The summed E-state index contributed by atoms with van der Waals surface area (Å²) in [7, 11) is -3.10. The third kappa shape index (κ3) is 3.94. The van der Waals surface area contributed by atoms with Crippen LogP contribution in [-0.2, 0) is 10.7 Å². The van der Waals surface area contributed by atoms with Gasteiger partial charge in [-0.2, -0.15) is 0 Å². The summed E-state index contributed by atoms with van der Waals surface area (Å²) in [4.78, 5) is 10.3. The number of hydrogen-bond acceptors (Lipinski definition) is 1. The van der Waals surface area contributed by atoms with Crippen LogP contribution in [-0.4, -0.2) is 11.1 Å². The highest BCUT2D eigenvalue weighted by Gasteiger charge is 2.22. The Hall–Kier alpha value is -1.11. The van der Waals surface area contributed by atoms with Gasteiger partial charge in [-0.15, -0.1) is 0 Å². The molecule has 2 aromatic carbocycles. The molecule has 0 spiro atoms. The fraction of sp³-hybridized carbons (Fsp3) is 0.412. The molecule has 2 atom stereocenters. The molecule has 2 rings (SSSR count). The van der Waals surface area contributed by atoms with Gasteiger partial charge < -0.3 is 4.89 Å². The average Bonchev–Trinajstić information content (AvgIpc) is 2.38. The Bertz CT molecular complexity index is 616. The van der Waals surface area contributed by atoms with Gasteiger partial charge >= 0.3 is 0 Å². The number of fused-ring (bicyclic) bond motifs is 1. The van der Waals surface area contributed by atoms with Crippen LogP contribution in [0.2, 0.25) is 0 Å². The Morgan fingerprint density at radius 2 is 1.85 bits per heavy atom. The van der Waals surface area contributed by atoms with E-state index >= 15 is 0 Å². The summed E-state index contributed by atoms with van der Waals surface area (Å²) in [5.74, 6) is 0.311. The van der Waals surface area contributed by atoms with E-state index in [1.54, 1.807) is 0 Å². The molecule has 0 aliphatic heterocycles. The van der Waals surface area contributed by atoms with E-state index in [1.807, 2.05) is 42.5 Å². The molecule has 20 heavy (non-hydrogen) atoms. The van der Waals surface area contributed by atoms with Gasteiger partial charge in [0.05, 0.1) is 6.16 Å². The van der Waals surface area contributed by atoms with Crippen molar-refractivity contribution in [2.75, 3.05) is 6.16 Å². The van der Waals surface area contributed by atoms with E-state index in [-0.39, 0.29) is 6.16 Å². The molecule has 1 N–H and O–H groups in total. The summed E-state index contributed by atoms with van der Waals surface area (Å²) < 4.78 is 12.5. The zero-order chi connectivity index (χ0) is 14.6. The van der Waals surface area contributed by atoms with Crippen LogP contribution in [0, 0.1) is 5.92 Å². The summed E-state index contributed by atoms with van der Waals surface area (Å²) in [5, 5.41) is 2.22. The minimum Gasteiger partial charge on any atom is -0.344 e. The molecule has 0 radical (unpaired) electrons. The van der Waals surface area contributed by atoms with E-state index in [1.165, 1.54) is 0 Å². The van der Waals surface area contributed by atoms with Gasteiger partial charge in [0.25, 0.3) is 0 Å². The monoisotopic (exact) mass is 290 g/mol. The maximum atomic E-state index is 12.5. The molecule has 2 nitrogen and oxygen atoms in total. The van der Waals surface area contributed by atoms with Crippen LogP contribution in [0.1, 0.15) is 32.3 Å². The molecule has 0 amide bonds. The van der Waals surface area contributed by atoms with Crippen LogP contribution in [0.3, 0.4) is 0 Å². The van der Waals surface area contributed by atoms with Crippen molar-refractivity contribution in [1.29, 1.82) is 0 Å². The smallest absolute Gasteiger partial charge is 0.205 e. The van der Waals surface area contributed by atoms with Gasteiger partial charge in [0, 0.05) is 6.16 Å². The fourth-order valence-corrected chi connectivity index (χ4v) is 4.93. The van der Waals surface area contributed by atoms with Gasteiger partial charge in [0.2, 0.25) is 7.37 Å². The lowest BCUT2D eigenvalue weighted by Crippen LogP contribution is -2.04. The Balaban J connectivity index is 2.21. The highest BCUT2D eigenvalue weighted by Crippen LogP contribution is 2.47. The van der Waals surface area contributed by atoms with E-state index in [9.17, 15) is 9.46 Å². The first-order valence-corrected chi connectivity index (χ1v) is 9.32. The average molecular weight is 290 g/mol. The minimum atomic E-state index is -3.10. The zero-order valence-corrected chi connectivity index (χ0v) is 13.1. The fourth-order valence-electron chi connectivity index (χ4n) is 2.83. The van der Waals surface area contributed by atoms with E-state index in [0.717, 1.165) is 29.2 Å². The van der Waals surface area contributed by atoms with Gasteiger partial charge in [0.1, 0.15) is 0 Å². The number of rotatable bonds is 6. The van der Waals surface area contributed by atoms with Crippen molar-refractivity contribution in [2.24, 2.45) is 5.92 Å². The molecular formula is C17H23O2P. The first kappa shape index (κ1) is 15.3. The minimum absolute atomic E-state index is 0.280. The zero-order valence-electron chi connectivity index (χ0n) is 12.2. The second-order valence-electron chi connectivity index (χ2n) is 5.72. The first-order valence-electron chi connectivity index (χ1n) is 7.29. The largest absolute Gasteiger partial charge is 0.344 e. The molecule has 2 unspecified atom stereocenters. The molecule has 0 aliphatic carbocycles.